The lowest BCUT2D eigenvalue weighted by Gasteiger charge is -2.17. The van der Waals surface area contributed by atoms with Crippen LogP contribution < -0.4 is 0 Å². The minimum Gasteiger partial charge on any atom is -0.384 e. The summed E-state index contributed by atoms with van der Waals surface area (Å²) in [5, 5.41) is 10.6. The van der Waals surface area contributed by atoms with E-state index in [1.165, 1.54) is 0 Å². The Kier molecular flexibility index (Phi) is 4.88. The van der Waals surface area contributed by atoms with E-state index < -0.39 is 6.10 Å². The molecule has 2 aromatic carbocycles. The summed E-state index contributed by atoms with van der Waals surface area (Å²) in [5.41, 5.74) is 3.98. The summed E-state index contributed by atoms with van der Waals surface area (Å²) in [4.78, 5) is 0. The molecule has 0 saturated carbocycles. The van der Waals surface area contributed by atoms with Gasteiger partial charge in [-0.05, 0) is 54.8 Å². The second kappa shape index (κ2) is 6.08. The highest BCUT2D eigenvalue weighted by molar-refractivity contribution is 9.11. The van der Waals surface area contributed by atoms with Gasteiger partial charge in [0.1, 0.15) is 6.10 Å². The van der Waals surface area contributed by atoms with Crippen LogP contribution in [0, 0.1) is 13.8 Å². The number of aryl methyl sites for hydroxylation is 2. The molecule has 1 nitrogen and oxygen atoms in total. The number of rotatable bonds is 2. The van der Waals surface area contributed by atoms with Gasteiger partial charge in [0.15, 0.2) is 0 Å². The van der Waals surface area contributed by atoms with Crippen molar-refractivity contribution < 1.29 is 5.11 Å². The summed E-state index contributed by atoms with van der Waals surface area (Å²) in [6, 6.07) is 9.88. The topological polar surface area (TPSA) is 20.2 Å². The van der Waals surface area contributed by atoms with Crippen molar-refractivity contribution >= 4 is 47.8 Å². The molecule has 0 radical (unpaired) electrons. The second-order valence-electron chi connectivity index (χ2n) is 4.53. The van der Waals surface area contributed by atoms with Gasteiger partial charge in [-0.15, -0.1) is 0 Å². The molecule has 0 amide bonds. The van der Waals surface area contributed by atoms with Crippen molar-refractivity contribution in [1.29, 1.82) is 0 Å². The van der Waals surface area contributed by atoms with E-state index in [1.54, 1.807) is 0 Å². The van der Waals surface area contributed by atoms with Gasteiger partial charge in [-0.2, -0.15) is 0 Å². The van der Waals surface area contributed by atoms with Crippen LogP contribution >= 0.6 is 47.8 Å². The molecule has 1 N–H and O–H groups in total. The van der Waals surface area contributed by atoms with E-state index in [-0.39, 0.29) is 0 Å². The molecule has 0 aromatic heterocycles. The van der Waals surface area contributed by atoms with E-state index in [0.29, 0.717) is 0 Å². The zero-order valence-corrected chi connectivity index (χ0v) is 15.3. The molecule has 0 saturated heterocycles. The van der Waals surface area contributed by atoms with E-state index in [2.05, 4.69) is 47.8 Å². The van der Waals surface area contributed by atoms with Gasteiger partial charge in [0.2, 0.25) is 0 Å². The Balaban J connectivity index is 2.49. The molecule has 1 atom stereocenters. The molecule has 2 rings (SSSR count). The summed E-state index contributed by atoms with van der Waals surface area (Å²) in [6.45, 7) is 4.02. The van der Waals surface area contributed by atoms with Gasteiger partial charge >= 0.3 is 0 Å². The monoisotopic (exact) mass is 446 g/mol. The van der Waals surface area contributed by atoms with Gasteiger partial charge in [-0.3, -0.25) is 0 Å². The molecule has 0 aliphatic rings. The molecule has 100 valence electrons. The van der Waals surface area contributed by atoms with Crippen LogP contribution in [-0.2, 0) is 0 Å². The van der Waals surface area contributed by atoms with Crippen LogP contribution in [0.15, 0.2) is 43.7 Å². The van der Waals surface area contributed by atoms with Crippen LogP contribution in [0.4, 0.5) is 0 Å². The molecule has 2 aromatic rings. The Morgan fingerprint density at radius 1 is 0.842 bits per heavy atom. The van der Waals surface area contributed by atoms with Gasteiger partial charge in [0.25, 0.3) is 0 Å². The molecule has 0 spiro atoms. The van der Waals surface area contributed by atoms with Gasteiger partial charge in [0, 0.05) is 19.0 Å². The normalized spacial score (nSPS) is 12.5. The largest absolute Gasteiger partial charge is 0.384 e. The molecule has 0 aliphatic carbocycles. The van der Waals surface area contributed by atoms with Crippen LogP contribution in [0.25, 0.3) is 0 Å². The van der Waals surface area contributed by atoms with Gasteiger partial charge in [-0.25, -0.2) is 0 Å². The summed E-state index contributed by atoms with van der Waals surface area (Å²) in [6.07, 6.45) is -0.639. The zero-order chi connectivity index (χ0) is 14.2. The maximum Gasteiger partial charge on any atom is 0.105 e. The standard InChI is InChI=1S/C15H13Br3O/c1-8-5-10(16)3-4-11(8)15(19)12-7-13(17)9(2)6-14(12)18/h3-7,15,19H,1-2H3. The number of hydrogen-bond donors (Lipinski definition) is 1. The van der Waals surface area contributed by atoms with Crippen LogP contribution in [0.3, 0.4) is 0 Å². The Hall–Kier alpha value is -0.160. The Labute approximate surface area is 138 Å². The quantitative estimate of drug-likeness (QED) is 0.627. The number of hydrogen-bond acceptors (Lipinski definition) is 1. The third kappa shape index (κ3) is 3.30. The van der Waals surface area contributed by atoms with Crippen molar-refractivity contribution in [3.05, 3.63) is 66.0 Å². The van der Waals surface area contributed by atoms with Crippen LogP contribution in [0.5, 0.6) is 0 Å². The molecule has 0 aliphatic heterocycles. The lowest BCUT2D eigenvalue weighted by Crippen LogP contribution is -2.03. The van der Waals surface area contributed by atoms with Crippen molar-refractivity contribution in [3.63, 3.8) is 0 Å². The predicted molar refractivity (Wildman–Crippen MR) is 89.5 cm³/mol. The maximum atomic E-state index is 10.6. The highest BCUT2D eigenvalue weighted by Crippen LogP contribution is 2.34. The van der Waals surface area contributed by atoms with E-state index in [4.69, 9.17) is 0 Å². The second-order valence-corrected chi connectivity index (χ2v) is 7.15. The first kappa shape index (κ1) is 15.2. The first-order valence-electron chi connectivity index (χ1n) is 5.80. The van der Waals surface area contributed by atoms with Gasteiger partial charge < -0.3 is 5.11 Å². The van der Waals surface area contributed by atoms with Crippen molar-refractivity contribution in [2.45, 2.75) is 20.0 Å². The van der Waals surface area contributed by atoms with E-state index in [9.17, 15) is 5.11 Å². The van der Waals surface area contributed by atoms with Crippen molar-refractivity contribution in [3.8, 4) is 0 Å². The fourth-order valence-electron chi connectivity index (χ4n) is 1.98. The number of halogens is 3. The Bertz CT molecular complexity index is 623. The Morgan fingerprint density at radius 3 is 2.16 bits per heavy atom. The van der Waals surface area contributed by atoms with Crippen LogP contribution in [0.2, 0.25) is 0 Å². The summed E-state index contributed by atoms with van der Waals surface area (Å²) in [7, 11) is 0. The molecule has 1 unspecified atom stereocenters. The maximum absolute atomic E-state index is 10.6. The average molecular weight is 449 g/mol. The van der Waals surface area contributed by atoms with Crippen molar-refractivity contribution in [2.24, 2.45) is 0 Å². The predicted octanol–water partition coefficient (Wildman–Crippen LogP) is 5.67. The van der Waals surface area contributed by atoms with Crippen LogP contribution in [0.1, 0.15) is 28.4 Å². The SMILES string of the molecule is Cc1cc(Br)c(C(O)c2ccc(Br)cc2C)cc1Br. The van der Waals surface area contributed by atoms with E-state index >= 15 is 0 Å². The number of benzene rings is 2. The van der Waals surface area contributed by atoms with Gasteiger partial charge in [0.05, 0.1) is 0 Å². The smallest absolute Gasteiger partial charge is 0.105 e. The molecule has 19 heavy (non-hydrogen) atoms. The molecular weight excluding hydrogens is 436 g/mol. The fourth-order valence-corrected chi connectivity index (χ4v) is 3.50. The third-order valence-corrected chi connectivity index (χ3v) is 5.13. The lowest BCUT2D eigenvalue weighted by atomic mass is 9.97. The summed E-state index contributed by atoms with van der Waals surface area (Å²) >= 11 is 10.5. The molecule has 0 bridgehead atoms. The Morgan fingerprint density at radius 2 is 1.53 bits per heavy atom. The van der Waals surface area contributed by atoms with Gasteiger partial charge in [-0.1, -0.05) is 53.9 Å². The minimum absolute atomic E-state index is 0.639. The molecule has 0 fully saturated rings. The van der Waals surface area contributed by atoms with E-state index in [1.807, 2.05) is 44.2 Å². The van der Waals surface area contributed by atoms with Crippen LogP contribution in [-0.4, -0.2) is 5.11 Å². The number of aliphatic hydroxyl groups excluding tert-OH is 1. The number of aliphatic hydroxyl groups is 1. The lowest BCUT2D eigenvalue weighted by molar-refractivity contribution is 0.218. The van der Waals surface area contributed by atoms with E-state index in [0.717, 1.165) is 35.7 Å². The first-order valence-corrected chi connectivity index (χ1v) is 8.17. The first-order chi connectivity index (χ1) is 8.90. The molecule has 4 heteroatoms. The highest BCUT2D eigenvalue weighted by Gasteiger charge is 2.17. The summed E-state index contributed by atoms with van der Waals surface area (Å²) in [5.74, 6) is 0. The fraction of sp³-hybridized carbons (Fsp3) is 0.200. The van der Waals surface area contributed by atoms with Crippen molar-refractivity contribution in [1.82, 2.24) is 0 Å². The minimum atomic E-state index is -0.639. The average Bonchev–Trinajstić information content (AvgIpc) is 2.33. The zero-order valence-electron chi connectivity index (χ0n) is 10.5. The van der Waals surface area contributed by atoms with Crippen molar-refractivity contribution in [2.75, 3.05) is 0 Å². The highest BCUT2D eigenvalue weighted by atomic mass is 79.9. The molecule has 0 heterocycles. The summed E-state index contributed by atoms with van der Waals surface area (Å²) < 4.78 is 2.94. The molecular formula is C15H13Br3O. The third-order valence-electron chi connectivity index (χ3n) is 3.10.